The van der Waals surface area contributed by atoms with Crippen molar-refractivity contribution in [3.63, 3.8) is 0 Å². The first kappa shape index (κ1) is 31.1. The summed E-state index contributed by atoms with van der Waals surface area (Å²) in [4.78, 5) is 49.2. The Kier molecular flexibility index (Phi) is 9.97. The highest BCUT2D eigenvalue weighted by atomic mass is 35.5. The van der Waals surface area contributed by atoms with E-state index in [9.17, 15) is 29.6 Å². The minimum absolute atomic E-state index is 0.0992. The summed E-state index contributed by atoms with van der Waals surface area (Å²) in [7, 11) is 0. The number of carbonyl (C=O) groups excluding carboxylic acids is 2. The minimum atomic E-state index is -1.52. The van der Waals surface area contributed by atoms with Gasteiger partial charge in [-0.05, 0) is 42.0 Å². The van der Waals surface area contributed by atoms with Crippen LogP contribution in [0, 0.1) is 10.1 Å². The van der Waals surface area contributed by atoms with E-state index in [1.165, 1.54) is 36.0 Å². The molecule has 0 heterocycles. The van der Waals surface area contributed by atoms with Gasteiger partial charge in [0.15, 0.2) is 0 Å². The second-order valence-corrected chi connectivity index (χ2v) is 11.2. The zero-order valence-corrected chi connectivity index (χ0v) is 24.8. The van der Waals surface area contributed by atoms with Crippen LogP contribution in [-0.2, 0) is 4.79 Å². The molecule has 0 aliphatic rings. The molecule has 0 saturated heterocycles. The van der Waals surface area contributed by atoms with Crippen molar-refractivity contribution in [2.45, 2.75) is 10.1 Å². The minimum Gasteiger partial charge on any atom is -0.478 e. The van der Waals surface area contributed by atoms with E-state index in [4.69, 9.17) is 46.4 Å². The van der Waals surface area contributed by atoms with Crippen LogP contribution in [0.1, 0.15) is 31.5 Å². The molecule has 42 heavy (non-hydrogen) atoms. The fourth-order valence-electron chi connectivity index (χ4n) is 3.77. The van der Waals surface area contributed by atoms with E-state index < -0.39 is 38.2 Å². The topological polar surface area (TPSA) is 139 Å². The van der Waals surface area contributed by atoms with Gasteiger partial charge < -0.3 is 15.7 Å². The van der Waals surface area contributed by atoms with Crippen LogP contribution in [0.3, 0.4) is 0 Å². The number of non-ortho nitro benzene ring substituents is 1. The predicted molar refractivity (Wildman–Crippen MR) is 165 cm³/mol. The molecule has 0 aromatic heterocycles. The van der Waals surface area contributed by atoms with E-state index in [1.807, 2.05) is 6.07 Å². The van der Waals surface area contributed by atoms with Crippen LogP contribution in [0.25, 0.3) is 0 Å². The molecule has 4 rings (SSSR count). The Labute approximate surface area is 262 Å². The van der Waals surface area contributed by atoms with Gasteiger partial charge in [-0.3, -0.25) is 19.7 Å². The first-order valence-electron chi connectivity index (χ1n) is 11.8. The van der Waals surface area contributed by atoms with Crippen molar-refractivity contribution in [1.82, 2.24) is 0 Å². The predicted octanol–water partition coefficient (Wildman–Crippen LogP) is 8.63. The van der Waals surface area contributed by atoms with E-state index in [1.54, 1.807) is 48.5 Å². The number of hydrogen-bond donors (Lipinski definition) is 3. The van der Waals surface area contributed by atoms with Crippen molar-refractivity contribution in [2.75, 3.05) is 10.6 Å². The summed E-state index contributed by atoms with van der Waals surface area (Å²) in [6.07, 6.45) is 0. The molecule has 4 aromatic carbocycles. The van der Waals surface area contributed by atoms with E-state index in [0.717, 1.165) is 0 Å². The first-order valence-corrected chi connectivity index (χ1v) is 14.1. The van der Waals surface area contributed by atoms with Crippen molar-refractivity contribution < 1.29 is 24.4 Å². The molecule has 0 spiro atoms. The Hall–Kier alpha value is -3.80. The summed E-state index contributed by atoms with van der Waals surface area (Å²) in [5.41, 5.74) is 0.265. The number of rotatable bonds is 9. The average Bonchev–Trinajstić information content (AvgIpc) is 2.97. The van der Waals surface area contributed by atoms with E-state index >= 15 is 0 Å². The lowest BCUT2D eigenvalue weighted by Crippen LogP contribution is -2.19. The highest BCUT2D eigenvalue weighted by Crippen LogP contribution is 2.42. The second kappa shape index (κ2) is 13.5. The summed E-state index contributed by atoms with van der Waals surface area (Å²) >= 11 is 25.4. The van der Waals surface area contributed by atoms with Crippen LogP contribution in [0.4, 0.5) is 17.1 Å². The Bertz CT molecular complexity index is 1690. The number of amides is 2. The maximum Gasteiger partial charge on any atom is 0.338 e. The number of benzene rings is 4. The number of nitrogens with zero attached hydrogens (tertiary/aromatic N) is 1. The lowest BCUT2D eigenvalue weighted by molar-refractivity contribution is -0.384. The summed E-state index contributed by atoms with van der Waals surface area (Å²) in [6.45, 7) is 0. The number of aromatic carboxylic acids is 1. The van der Waals surface area contributed by atoms with Gasteiger partial charge >= 0.3 is 5.97 Å². The number of carboxylic acid groups (broad SMARTS) is 1. The molecule has 0 aliphatic heterocycles. The van der Waals surface area contributed by atoms with Crippen molar-refractivity contribution >= 4 is 93.0 Å². The van der Waals surface area contributed by atoms with E-state index in [0.29, 0.717) is 21.8 Å². The third kappa shape index (κ3) is 6.97. The fourth-order valence-corrected chi connectivity index (χ4v) is 5.81. The van der Waals surface area contributed by atoms with Crippen molar-refractivity contribution in [3.05, 3.63) is 126 Å². The molecule has 3 N–H and O–H groups in total. The fraction of sp³-hybridized carbons (Fsp3) is 0.0357. The van der Waals surface area contributed by atoms with Crippen LogP contribution in [0.15, 0.2) is 83.8 Å². The highest BCUT2D eigenvalue weighted by Gasteiger charge is 2.29. The molecular weight excluding hydrogens is 648 g/mol. The molecular formula is C28H17Cl4N3O6S. The SMILES string of the molecule is O=C(O)c1c(Cl)c(Cl)c(Cl)c(Cl)c1C(=O)Nc1ccc(SC(C(=O)Nc2ccc([N+](=O)[O-])cc2)c2ccccc2)cc1. The molecule has 14 heteroatoms. The number of nitrogens with one attached hydrogen (secondary N) is 2. The molecule has 2 amide bonds. The van der Waals surface area contributed by atoms with Crippen molar-refractivity contribution in [1.29, 1.82) is 0 Å². The molecule has 1 unspecified atom stereocenters. The van der Waals surface area contributed by atoms with Gasteiger partial charge in [0.25, 0.3) is 11.6 Å². The molecule has 0 aliphatic carbocycles. The monoisotopic (exact) mass is 663 g/mol. The van der Waals surface area contributed by atoms with Crippen LogP contribution in [0.5, 0.6) is 0 Å². The first-order chi connectivity index (χ1) is 20.0. The van der Waals surface area contributed by atoms with Gasteiger partial charge in [-0.15, -0.1) is 11.8 Å². The number of carboxylic acids is 1. The largest absolute Gasteiger partial charge is 0.478 e. The average molecular weight is 665 g/mol. The van der Waals surface area contributed by atoms with Gasteiger partial charge in [-0.1, -0.05) is 76.7 Å². The number of hydrogen-bond acceptors (Lipinski definition) is 6. The summed E-state index contributed by atoms with van der Waals surface area (Å²) in [6, 6.07) is 21.0. The highest BCUT2D eigenvalue weighted by molar-refractivity contribution is 8.00. The quantitative estimate of drug-likeness (QED) is 0.0535. The number of halogens is 4. The molecule has 0 radical (unpaired) electrons. The molecule has 0 fully saturated rings. The molecule has 0 saturated carbocycles. The smallest absolute Gasteiger partial charge is 0.338 e. The van der Waals surface area contributed by atoms with Gasteiger partial charge in [0.05, 0.1) is 36.1 Å². The number of nitro benzene ring substituents is 1. The van der Waals surface area contributed by atoms with Gasteiger partial charge in [-0.2, -0.15) is 0 Å². The van der Waals surface area contributed by atoms with Gasteiger partial charge in [0, 0.05) is 28.4 Å². The number of thioether (sulfide) groups is 1. The third-order valence-corrected chi connectivity index (χ3v) is 8.83. The third-order valence-electron chi connectivity index (χ3n) is 5.76. The van der Waals surface area contributed by atoms with Crippen LogP contribution in [0.2, 0.25) is 20.1 Å². The number of nitro groups is 1. The van der Waals surface area contributed by atoms with Crippen LogP contribution >= 0.6 is 58.2 Å². The lowest BCUT2D eigenvalue weighted by Gasteiger charge is -2.17. The van der Waals surface area contributed by atoms with Crippen LogP contribution in [-0.4, -0.2) is 27.8 Å². The number of anilines is 2. The summed E-state index contributed by atoms with van der Waals surface area (Å²) in [5.74, 6) is -2.75. The number of carbonyl (C=O) groups is 3. The summed E-state index contributed by atoms with van der Waals surface area (Å²) < 4.78 is 0. The lowest BCUT2D eigenvalue weighted by atomic mass is 10.1. The standard InChI is InChI=1S/C28H17Cl4N3O6S/c29-21-19(20(28(38)39)22(30)24(32)23(21)31)26(36)33-16-8-12-18(13-9-16)42-25(14-4-2-1-3-5-14)27(37)34-15-6-10-17(11-7-15)35(40)41/h1-13,25H,(H,33,36)(H,34,37)(H,38,39). The van der Waals surface area contributed by atoms with Crippen molar-refractivity contribution in [2.24, 2.45) is 0 Å². The van der Waals surface area contributed by atoms with Crippen LogP contribution < -0.4 is 10.6 Å². The van der Waals surface area contributed by atoms with E-state index in [2.05, 4.69) is 10.6 Å². The maximum atomic E-state index is 13.3. The normalized spacial score (nSPS) is 11.4. The molecule has 214 valence electrons. The zero-order valence-electron chi connectivity index (χ0n) is 20.9. The maximum absolute atomic E-state index is 13.3. The molecule has 9 nitrogen and oxygen atoms in total. The van der Waals surface area contributed by atoms with Crippen molar-refractivity contribution in [3.8, 4) is 0 Å². The zero-order chi connectivity index (χ0) is 30.6. The van der Waals surface area contributed by atoms with Gasteiger partial charge in [0.1, 0.15) is 5.25 Å². The Morgan fingerprint density at radius 2 is 1.26 bits per heavy atom. The van der Waals surface area contributed by atoms with E-state index in [-0.39, 0.29) is 26.7 Å². The molecule has 1 atom stereocenters. The van der Waals surface area contributed by atoms with Gasteiger partial charge in [-0.25, -0.2) is 4.79 Å². The Balaban J connectivity index is 1.54. The Morgan fingerprint density at radius 3 is 1.81 bits per heavy atom. The second-order valence-electron chi connectivity index (χ2n) is 8.49. The Morgan fingerprint density at radius 1 is 0.738 bits per heavy atom. The summed E-state index contributed by atoms with van der Waals surface area (Å²) in [5, 5.41) is 23.8. The van der Waals surface area contributed by atoms with Gasteiger partial charge in [0.2, 0.25) is 5.91 Å². The molecule has 0 bridgehead atoms. The molecule has 4 aromatic rings.